The van der Waals surface area contributed by atoms with Crippen LogP contribution in [-0.4, -0.2) is 25.5 Å². The molecule has 6 heteroatoms. The minimum atomic E-state index is -0.0763. The fourth-order valence-corrected chi connectivity index (χ4v) is 3.74. The highest BCUT2D eigenvalue weighted by atomic mass is 16.1. The molecule has 0 radical (unpaired) electrons. The lowest BCUT2D eigenvalue weighted by Gasteiger charge is -2.08. The molecule has 0 aliphatic carbocycles. The van der Waals surface area contributed by atoms with Crippen LogP contribution in [0.5, 0.6) is 0 Å². The van der Waals surface area contributed by atoms with Crippen molar-refractivity contribution in [2.45, 2.75) is 34.1 Å². The Labute approximate surface area is 176 Å². The molecule has 6 nitrogen and oxygen atoms in total. The number of hydrogen-bond donors (Lipinski definition) is 1. The summed E-state index contributed by atoms with van der Waals surface area (Å²) >= 11 is 0. The van der Waals surface area contributed by atoms with E-state index >= 15 is 0 Å². The molecule has 1 N–H and O–H groups in total. The highest BCUT2D eigenvalue weighted by Crippen LogP contribution is 2.24. The van der Waals surface area contributed by atoms with E-state index in [0.717, 1.165) is 45.4 Å². The van der Waals surface area contributed by atoms with Gasteiger partial charge in [-0.1, -0.05) is 36.4 Å². The molecule has 2 heterocycles. The van der Waals surface area contributed by atoms with Crippen molar-refractivity contribution in [3.8, 4) is 11.4 Å². The third-order valence-corrected chi connectivity index (χ3v) is 5.34. The van der Waals surface area contributed by atoms with Gasteiger partial charge in [-0.2, -0.15) is 10.2 Å². The summed E-state index contributed by atoms with van der Waals surface area (Å²) < 4.78 is 3.75. The van der Waals surface area contributed by atoms with E-state index in [1.807, 2.05) is 97.7 Å². The van der Waals surface area contributed by atoms with Crippen LogP contribution in [0.3, 0.4) is 0 Å². The fraction of sp³-hybridized carbons (Fsp3) is 0.208. The Kier molecular flexibility index (Phi) is 5.23. The Bertz CT molecular complexity index is 1100. The molecule has 0 aliphatic rings. The van der Waals surface area contributed by atoms with E-state index in [1.54, 1.807) is 0 Å². The molecule has 0 fully saturated rings. The van der Waals surface area contributed by atoms with E-state index in [0.29, 0.717) is 0 Å². The van der Waals surface area contributed by atoms with Gasteiger partial charge in [-0.05, 0) is 52.0 Å². The van der Waals surface area contributed by atoms with E-state index in [4.69, 9.17) is 0 Å². The molecule has 0 bridgehead atoms. The molecule has 30 heavy (non-hydrogen) atoms. The average molecular weight is 399 g/mol. The standard InChI is InChI=1S/C24H25N5O/c1-16-22(18(3)28(26-16)20-11-7-5-8-12-20)15-23(30)25-24-17(2)27-29(19(24)4)21-13-9-6-10-14-21/h5-14H,15H2,1-4H3,(H,25,30). The van der Waals surface area contributed by atoms with Gasteiger partial charge >= 0.3 is 0 Å². The van der Waals surface area contributed by atoms with Gasteiger partial charge < -0.3 is 5.32 Å². The van der Waals surface area contributed by atoms with Gasteiger partial charge in [-0.3, -0.25) is 4.79 Å². The molecule has 1 amide bonds. The Hall–Kier alpha value is -3.67. The number of aromatic nitrogens is 4. The lowest BCUT2D eigenvalue weighted by molar-refractivity contribution is -0.115. The van der Waals surface area contributed by atoms with Gasteiger partial charge in [0.15, 0.2) is 0 Å². The number of nitrogens with one attached hydrogen (secondary N) is 1. The van der Waals surface area contributed by atoms with Crippen LogP contribution in [0.15, 0.2) is 60.7 Å². The largest absolute Gasteiger partial charge is 0.323 e. The molecule has 4 rings (SSSR count). The highest BCUT2D eigenvalue weighted by molar-refractivity contribution is 5.93. The Morgan fingerprint density at radius 3 is 1.83 bits per heavy atom. The molecule has 2 aromatic carbocycles. The smallest absolute Gasteiger partial charge is 0.229 e. The molecule has 0 atom stereocenters. The number of carbonyl (C=O) groups excluding carboxylic acids is 1. The monoisotopic (exact) mass is 399 g/mol. The molecule has 152 valence electrons. The number of nitrogens with zero attached hydrogens (tertiary/aromatic N) is 4. The van der Waals surface area contributed by atoms with Gasteiger partial charge in [-0.15, -0.1) is 0 Å². The van der Waals surface area contributed by atoms with E-state index in [2.05, 4.69) is 15.5 Å². The maximum absolute atomic E-state index is 12.9. The molecule has 0 saturated carbocycles. The van der Waals surface area contributed by atoms with Crippen LogP contribution in [0.25, 0.3) is 11.4 Å². The molecule has 0 unspecified atom stereocenters. The van der Waals surface area contributed by atoms with Crippen molar-refractivity contribution in [3.05, 3.63) is 89.0 Å². The molecule has 0 saturated heterocycles. The van der Waals surface area contributed by atoms with Crippen LogP contribution in [0.2, 0.25) is 0 Å². The quantitative estimate of drug-likeness (QED) is 0.538. The van der Waals surface area contributed by atoms with Crippen molar-refractivity contribution in [2.75, 3.05) is 5.32 Å². The van der Waals surface area contributed by atoms with Crippen molar-refractivity contribution in [1.29, 1.82) is 0 Å². The van der Waals surface area contributed by atoms with Gasteiger partial charge in [-0.25, -0.2) is 9.36 Å². The summed E-state index contributed by atoms with van der Waals surface area (Å²) in [6, 6.07) is 19.9. The number of aryl methyl sites for hydroxylation is 2. The zero-order valence-corrected chi connectivity index (χ0v) is 17.7. The second kappa shape index (κ2) is 7.99. The van der Waals surface area contributed by atoms with Gasteiger partial charge in [0.05, 0.1) is 40.6 Å². The van der Waals surface area contributed by atoms with Gasteiger partial charge in [0.1, 0.15) is 0 Å². The Balaban J connectivity index is 1.57. The van der Waals surface area contributed by atoms with Crippen molar-refractivity contribution < 1.29 is 4.79 Å². The topological polar surface area (TPSA) is 64.7 Å². The third-order valence-electron chi connectivity index (χ3n) is 5.34. The van der Waals surface area contributed by atoms with Crippen molar-refractivity contribution in [1.82, 2.24) is 19.6 Å². The number of amides is 1. The first kappa shape index (κ1) is 19.6. The number of carbonyl (C=O) groups is 1. The van der Waals surface area contributed by atoms with Crippen LogP contribution >= 0.6 is 0 Å². The van der Waals surface area contributed by atoms with Crippen molar-refractivity contribution in [2.24, 2.45) is 0 Å². The molecule has 2 aromatic heterocycles. The van der Waals surface area contributed by atoms with Crippen LogP contribution in [-0.2, 0) is 11.2 Å². The van der Waals surface area contributed by atoms with Crippen LogP contribution < -0.4 is 5.32 Å². The molecular formula is C24H25N5O. The predicted molar refractivity (Wildman–Crippen MR) is 118 cm³/mol. The first-order valence-electron chi connectivity index (χ1n) is 9.97. The maximum atomic E-state index is 12.9. The molecule has 0 spiro atoms. The lowest BCUT2D eigenvalue weighted by atomic mass is 10.1. The summed E-state index contributed by atoms with van der Waals surface area (Å²) in [5.74, 6) is -0.0763. The predicted octanol–water partition coefficient (Wildman–Crippen LogP) is 4.47. The van der Waals surface area contributed by atoms with Crippen LogP contribution in [0.4, 0.5) is 5.69 Å². The minimum Gasteiger partial charge on any atom is -0.323 e. The fourth-order valence-electron chi connectivity index (χ4n) is 3.74. The summed E-state index contributed by atoms with van der Waals surface area (Å²) in [4.78, 5) is 12.9. The first-order valence-corrected chi connectivity index (χ1v) is 9.97. The Morgan fingerprint density at radius 2 is 1.27 bits per heavy atom. The minimum absolute atomic E-state index is 0.0763. The van der Waals surface area contributed by atoms with E-state index in [1.165, 1.54) is 0 Å². The lowest BCUT2D eigenvalue weighted by Crippen LogP contribution is -2.16. The number of benzene rings is 2. The van der Waals surface area contributed by atoms with Crippen molar-refractivity contribution >= 4 is 11.6 Å². The Morgan fingerprint density at radius 1 is 0.767 bits per heavy atom. The third kappa shape index (κ3) is 3.64. The second-order valence-corrected chi connectivity index (χ2v) is 7.41. The van der Waals surface area contributed by atoms with E-state index < -0.39 is 0 Å². The average Bonchev–Trinajstić information content (AvgIpc) is 3.20. The summed E-state index contributed by atoms with van der Waals surface area (Å²) in [6.45, 7) is 7.82. The number of hydrogen-bond acceptors (Lipinski definition) is 3. The van der Waals surface area contributed by atoms with E-state index in [9.17, 15) is 4.79 Å². The van der Waals surface area contributed by atoms with Gasteiger partial charge in [0.25, 0.3) is 0 Å². The second-order valence-electron chi connectivity index (χ2n) is 7.41. The molecule has 4 aromatic rings. The summed E-state index contributed by atoms with van der Waals surface area (Å²) in [6.07, 6.45) is 0.264. The SMILES string of the molecule is Cc1nn(-c2ccccc2)c(C)c1CC(=O)Nc1c(C)nn(-c2ccccc2)c1C. The van der Waals surface area contributed by atoms with E-state index in [-0.39, 0.29) is 12.3 Å². The highest BCUT2D eigenvalue weighted by Gasteiger charge is 2.19. The summed E-state index contributed by atoms with van der Waals surface area (Å²) in [5, 5.41) is 12.3. The summed E-state index contributed by atoms with van der Waals surface area (Å²) in [5.41, 5.74) is 7.19. The van der Waals surface area contributed by atoms with Crippen LogP contribution in [0, 0.1) is 27.7 Å². The number of para-hydroxylation sites is 2. The summed E-state index contributed by atoms with van der Waals surface area (Å²) in [7, 11) is 0. The number of anilines is 1. The molecular weight excluding hydrogens is 374 g/mol. The number of rotatable bonds is 5. The first-order chi connectivity index (χ1) is 14.5. The molecule has 0 aliphatic heterocycles. The normalized spacial score (nSPS) is 10.9. The van der Waals surface area contributed by atoms with Crippen molar-refractivity contribution in [3.63, 3.8) is 0 Å². The van der Waals surface area contributed by atoms with Crippen LogP contribution in [0.1, 0.15) is 28.3 Å². The van der Waals surface area contributed by atoms with Gasteiger partial charge in [0, 0.05) is 11.3 Å². The zero-order valence-electron chi connectivity index (χ0n) is 17.7. The van der Waals surface area contributed by atoms with Gasteiger partial charge in [0.2, 0.25) is 5.91 Å². The zero-order chi connectivity index (χ0) is 21.3. The maximum Gasteiger partial charge on any atom is 0.229 e.